The fourth-order valence-electron chi connectivity index (χ4n) is 3.29. The van der Waals surface area contributed by atoms with Crippen LogP contribution in [0.25, 0.3) is 11.0 Å². The Kier molecular flexibility index (Phi) is 4.31. The minimum absolute atomic E-state index is 0.136. The number of amides is 3. The van der Waals surface area contributed by atoms with Crippen molar-refractivity contribution in [2.75, 3.05) is 6.54 Å². The van der Waals surface area contributed by atoms with Gasteiger partial charge in [0.2, 0.25) is 0 Å². The molecule has 6 heteroatoms. The van der Waals surface area contributed by atoms with Crippen LogP contribution in [0, 0.1) is 0 Å². The first-order valence-electron chi connectivity index (χ1n) is 8.90. The molecule has 140 valence electrons. The molecular formula is C22H18N2O4. The van der Waals surface area contributed by atoms with Gasteiger partial charge in [-0.3, -0.25) is 19.3 Å². The lowest BCUT2D eigenvalue weighted by atomic mass is 10.0. The summed E-state index contributed by atoms with van der Waals surface area (Å²) in [5.41, 5.74) is 1.59. The van der Waals surface area contributed by atoms with Gasteiger partial charge in [0.25, 0.3) is 17.7 Å². The van der Waals surface area contributed by atoms with Gasteiger partial charge in [-0.15, -0.1) is 6.58 Å². The van der Waals surface area contributed by atoms with Crippen molar-refractivity contribution in [3.63, 3.8) is 0 Å². The van der Waals surface area contributed by atoms with Gasteiger partial charge >= 0.3 is 0 Å². The number of benzene rings is 2. The Balaban J connectivity index is 1.55. The lowest BCUT2D eigenvalue weighted by Gasteiger charge is -2.11. The van der Waals surface area contributed by atoms with E-state index in [1.807, 2.05) is 37.3 Å². The molecule has 6 nitrogen and oxygen atoms in total. The van der Waals surface area contributed by atoms with Gasteiger partial charge in [0.05, 0.1) is 17.2 Å². The van der Waals surface area contributed by atoms with Crippen molar-refractivity contribution in [2.45, 2.75) is 13.0 Å². The van der Waals surface area contributed by atoms with Gasteiger partial charge in [0, 0.05) is 17.5 Å². The molecule has 0 fully saturated rings. The first-order valence-corrected chi connectivity index (χ1v) is 8.90. The zero-order valence-corrected chi connectivity index (χ0v) is 15.3. The molecule has 0 aliphatic carbocycles. The van der Waals surface area contributed by atoms with E-state index in [4.69, 9.17) is 4.42 Å². The Hall–Kier alpha value is -3.67. The van der Waals surface area contributed by atoms with Crippen molar-refractivity contribution >= 4 is 28.7 Å². The second-order valence-electron chi connectivity index (χ2n) is 6.65. The number of hydrogen-bond donors (Lipinski definition) is 1. The topological polar surface area (TPSA) is 79.6 Å². The molecule has 1 atom stereocenters. The van der Waals surface area contributed by atoms with Crippen LogP contribution in [0.4, 0.5) is 0 Å². The van der Waals surface area contributed by atoms with Crippen LogP contribution in [0.1, 0.15) is 49.8 Å². The maximum atomic E-state index is 12.7. The number of para-hydroxylation sites is 1. The average molecular weight is 374 g/mol. The van der Waals surface area contributed by atoms with Gasteiger partial charge in [0.15, 0.2) is 0 Å². The Labute approximate surface area is 161 Å². The predicted octanol–water partition coefficient (Wildman–Crippen LogP) is 3.71. The summed E-state index contributed by atoms with van der Waals surface area (Å²) in [6.45, 7) is 5.52. The summed E-state index contributed by atoms with van der Waals surface area (Å²) >= 11 is 0. The van der Waals surface area contributed by atoms with Gasteiger partial charge in [0.1, 0.15) is 11.3 Å². The number of hydrogen-bond acceptors (Lipinski definition) is 4. The normalized spacial score (nSPS) is 14.2. The number of imide groups is 1. The van der Waals surface area contributed by atoms with Crippen LogP contribution in [0.15, 0.2) is 65.6 Å². The molecule has 3 aromatic rings. The maximum Gasteiger partial charge on any atom is 0.261 e. The molecular weight excluding hydrogens is 356 g/mol. The molecule has 0 radical (unpaired) electrons. The highest BCUT2D eigenvalue weighted by Crippen LogP contribution is 2.26. The van der Waals surface area contributed by atoms with Gasteiger partial charge < -0.3 is 9.73 Å². The third-order valence-electron chi connectivity index (χ3n) is 4.76. The molecule has 2 aromatic carbocycles. The number of carbonyl (C=O) groups excluding carboxylic acids is 3. The van der Waals surface area contributed by atoms with E-state index in [9.17, 15) is 14.4 Å². The Morgan fingerprint density at radius 1 is 1.14 bits per heavy atom. The molecule has 1 N–H and O–H groups in total. The molecule has 1 aromatic heterocycles. The number of carbonyl (C=O) groups is 3. The van der Waals surface area contributed by atoms with Crippen LogP contribution >= 0.6 is 0 Å². The van der Waals surface area contributed by atoms with Crippen molar-refractivity contribution in [3.05, 3.63) is 83.6 Å². The fraction of sp³-hybridized carbons (Fsp3) is 0.136. The molecule has 1 aliphatic heterocycles. The van der Waals surface area contributed by atoms with Gasteiger partial charge in [-0.1, -0.05) is 24.3 Å². The highest BCUT2D eigenvalue weighted by atomic mass is 16.3. The molecule has 0 saturated carbocycles. The van der Waals surface area contributed by atoms with Crippen LogP contribution in [-0.4, -0.2) is 29.2 Å². The molecule has 0 saturated heterocycles. The first-order chi connectivity index (χ1) is 13.5. The van der Waals surface area contributed by atoms with Gasteiger partial charge in [-0.05, 0) is 37.3 Å². The van der Waals surface area contributed by atoms with Crippen LogP contribution < -0.4 is 5.32 Å². The van der Waals surface area contributed by atoms with Crippen LogP contribution in [-0.2, 0) is 0 Å². The zero-order chi connectivity index (χ0) is 19.8. The SMILES string of the molecule is C=CCN1C(=O)c2ccc(C(=O)N[C@H](C)c3cc4ccccc4o3)cc2C1=O. The second kappa shape index (κ2) is 6.81. The predicted molar refractivity (Wildman–Crippen MR) is 104 cm³/mol. The highest BCUT2D eigenvalue weighted by molar-refractivity contribution is 6.22. The van der Waals surface area contributed by atoms with Crippen molar-refractivity contribution in [1.82, 2.24) is 10.2 Å². The monoisotopic (exact) mass is 374 g/mol. The molecule has 1 aliphatic rings. The fourth-order valence-corrected chi connectivity index (χ4v) is 3.29. The summed E-state index contributed by atoms with van der Waals surface area (Å²) < 4.78 is 5.78. The second-order valence-corrected chi connectivity index (χ2v) is 6.65. The third kappa shape index (κ3) is 2.89. The Morgan fingerprint density at radius 3 is 2.64 bits per heavy atom. The average Bonchev–Trinajstić information content (AvgIpc) is 3.23. The van der Waals surface area contributed by atoms with Gasteiger partial charge in [-0.25, -0.2) is 0 Å². The standard InChI is InChI=1S/C22H18N2O4/c1-3-10-24-21(26)16-9-8-15(11-17(16)22(24)27)20(25)23-13(2)19-12-14-6-4-5-7-18(14)28-19/h3-9,11-13H,1,10H2,2H3,(H,23,25)/t13-/m1/s1. The first kappa shape index (κ1) is 17.7. The van der Waals surface area contributed by atoms with Crippen molar-refractivity contribution in [3.8, 4) is 0 Å². The summed E-state index contributed by atoms with van der Waals surface area (Å²) in [5.74, 6) is -0.500. The smallest absolute Gasteiger partial charge is 0.261 e. The minimum Gasteiger partial charge on any atom is -0.459 e. The molecule has 4 rings (SSSR count). The number of furan rings is 1. The van der Waals surface area contributed by atoms with E-state index in [1.165, 1.54) is 18.2 Å². The van der Waals surface area contributed by atoms with Gasteiger partial charge in [-0.2, -0.15) is 0 Å². The van der Waals surface area contributed by atoms with E-state index in [0.29, 0.717) is 16.9 Å². The molecule has 0 unspecified atom stereocenters. The van der Waals surface area contributed by atoms with Crippen LogP contribution in [0.2, 0.25) is 0 Å². The Bertz CT molecular complexity index is 1100. The molecule has 3 amide bonds. The van der Waals surface area contributed by atoms with E-state index in [2.05, 4.69) is 11.9 Å². The minimum atomic E-state index is -0.417. The molecule has 28 heavy (non-hydrogen) atoms. The summed E-state index contributed by atoms with van der Waals surface area (Å²) in [6, 6.07) is 13.7. The number of rotatable bonds is 5. The van der Waals surface area contributed by atoms with Crippen LogP contribution in [0.3, 0.4) is 0 Å². The van der Waals surface area contributed by atoms with Crippen molar-refractivity contribution in [2.24, 2.45) is 0 Å². The maximum absolute atomic E-state index is 12.7. The van der Waals surface area contributed by atoms with E-state index in [-0.39, 0.29) is 30.0 Å². The highest BCUT2D eigenvalue weighted by Gasteiger charge is 2.35. The number of nitrogens with zero attached hydrogens (tertiary/aromatic N) is 1. The molecule has 0 spiro atoms. The summed E-state index contributed by atoms with van der Waals surface area (Å²) in [6.07, 6.45) is 1.49. The lowest BCUT2D eigenvalue weighted by Crippen LogP contribution is -2.29. The van der Waals surface area contributed by atoms with E-state index in [1.54, 1.807) is 6.07 Å². The summed E-state index contributed by atoms with van der Waals surface area (Å²) in [4.78, 5) is 38.5. The number of nitrogens with one attached hydrogen (secondary N) is 1. The zero-order valence-electron chi connectivity index (χ0n) is 15.3. The largest absolute Gasteiger partial charge is 0.459 e. The van der Waals surface area contributed by atoms with Crippen molar-refractivity contribution < 1.29 is 18.8 Å². The lowest BCUT2D eigenvalue weighted by molar-refractivity contribution is 0.0672. The van der Waals surface area contributed by atoms with E-state index >= 15 is 0 Å². The number of fused-ring (bicyclic) bond motifs is 2. The van der Waals surface area contributed by atoms with E-state index < -0.39 is 5.91 Å². The third-order valence-corrected chi connectivity index (χ3v) is 4.76. The van der Waals surface area contributed by atoms with Crippen molar-refractivity contribution in [1.29, 1.82) is 0 Å². The Morgan fingerprint density at radius 2 is 1.89 bits per heavy atom. The summed E-state index contributed by atoms with van der Waals surface area (Å²) in [5, 5.41) is 3.83. The van der Waals surface area contributed by atoms with E-state index in [0.717, 1.165) is 15.9 Å². The summed E-state index contributed by atoms with van der Waals surface area (Å²) in [7, 11) is 0. The molecule has 2 heterocycles. The quantitative estimate of drug-likeness (QED) is 0.545. The van der Waals surface area contributed by atoms with Crippen LogP contribution in [0.5, 0.6) is 0 Å². The molecule has 0 bridgehead atoms.